The van der Waals surface area contributed by atoms with Crippen LogP contribution in [0.15, 0.2) is 36.4 Å². The zero-order valence-electron chi connectivity index (χ0n) is 15.2. The predicted molar refractivity (Wildman–Crippen MR) is 99.4 cm³/mol. The van der Waals surface area contributed by atoms with E-state index in [1.165, 1.54) is 6.07 Å². The lowest BCUT2D eigenvalue weighted by atomic mass is 9.98. The second-order valence-corrected chi connectivity index (χ2v) is 6.82. The van der Waals surface area contributed by atoms with Gasteiger partial charge in [0, 0.05) is 24.7 Å². The maximum atomic E-state index is 13.6. The Morgan fingerprint density at radius 1 is 1.04 bits per heavy atom. The van der Waals surface area contributed by atoms with Crippen molar-refractivity contribution >= 4 is 23.3 Å². The molecule has 0 radical (unpaired) electrons. The van der Waals surface area contributed by atoms with E-state index in [-0.39, 0.29) is 11.8 Å². The largest absolute Gasteiger partial charge is 0.338 e. The fourth-order valence-corrected chi connectivity index (χ4v) is 3.08. The highest BCUT2D eigenvalue weighted by Gasteiger charge is 2.23. The van der Waals surface area contributed by atoms with Gasteiger partial charge in [-0.25, -0.2) is 13.6 Å². The Balaban J connectivity index is 1.71. The summed E-state index contributed by atoms with van der Waals surface area (Å²) in [6.45, 7) is 4.87. The van der Waals surface area contributed by atoms with Crippen molar-refractivity contribution in [1.29, 1.82) is 0 Å². The third-order valence-electron chi connectivity index (χ3n) is 4.48. The van der Waals surface area contributed by atoms with Gasteiger partial charge in [0.15, 0.2) is 0 Å². The van der Waals surface area contributed by atoms with Gasteiger partial charge in [0.1, 0.15) is 17.3 Å². The summed E-state index contributed by atoms with van der Waals surface area (Å²) >= 11 is 0. The molecule has 0 atom stereocenters. The van der Waals surface area contributed by atoms with Gasteiger partial charge in [-0.3, -0.25) is 4.79 Å². The second-order valence-electron chi connectivity index (χ2n) is 6.82. The molecule has 1 heterocycles. The van der Waals surface area contributed by atoms with Gasteiger partial charge in [-0.2, -0.15) is 0 Å². The number of carbonyl (C=O) groups is 2. The third-order valence-corrected chi connectivity index (χ3v) is 4.48. The van der Waals surface area contributed by atoms with E-state index >= 15 is 0 Å². The number of rotatable bonds is 3. The molecule has 2 aromatic carbocycles. The van der Waals surface area contributed by atoms with Gasteiger partial charge in [0.2, 0.25) is 5.91 Å². The average Bonchev–Trinajstić information content (AvgIpc) is 2.63. The first kappa shape index (κ1) is 18.8. The quantitative estimate of drug-likeness (QED) is 0.849. The van der Waals surface area contributed by atoms with Crippen molar-refractivity contribution in [3.8, 4) is 0 Å². The molecule has 142 valence electrons. The van der Waals surface area contributed by atoms with Crippen LogP contribution in [0.4, 0.5) is 25.0 Å². The number of nitrogens with zero attached hydrogens (tertiary/aromatic N) is 1. The molecule has 5 nitrogen and oxygen atoms in total. The normalized spacial score (nSPS) is 13.3. The van der Waals surface area contributed by atoms with Gasteiger partial charge in [0.25, 0.3) is 0 Å². The molecule has 0 fully saturated rings. The Morgan fingerprint density at radius 2 is 1.74 bits per heavy atom. The number of carbonyl (C=O) groups excluding carboxylic acids is 2. The zero-order valence-corrected chi connectivity index (χ0v) is 15.2. The summed E-state index contributed by atoms with van der Waals surface area (Å²) in [5.74, 6) is -1.68. The molecule has 0 unspecified atom stereocenters. The number of amides is 3. The molecule has 0 aromatic heterocycles. The van der Waals surface area contributed by atoms with Crippen molar-refractivity contribution in [2.24, 2.45) is 5.92 Å². The van der Waals surface area contributed by atoms with Crippen LogP contribution in [0.5, 0.6) is 0 Å². The summed E-state index contributed by atoms with van der Waals surface area (Å²) in [4.78, 5) is 26.1. The minimum Gasteiger partial charge on any atom is -0.338 e. The number of halogens is 2. The monoisotopic (exact) mass is 373 g/mol. The van der Waals surface area contributed by atoms with E-state index in [0.29, 0.717) is 18.8 Å². The molecule has 2 N–H and O–H groups in total. The molecule has 0 saturated heterocycles. The molecule has 0 saturated carbocycles. The van der Waals surface area contributed by atoms with Crippen molar-refractivity contribution in [3.63, 3.8) is 0 Å². The van der Waals surface area contributed by atoms with E-state index in [1.54, 1.807) is 17.0 Å². The number of para-hydroxylation sites is 1. The molecular weight excluding hydrogens is 352 g/mol. The van der Waals surface area contributed by atoms with Gasteiger partial charge in [-0.1, -0.05) is 26.0 Å². The van der Waals surface area contributed by atoms with Crippen molar-refractivity contribution in [2.45, 2.75) is 26.8 Å². The van der Waals surface area contributed by atoms with Crippen LogP contribution >= 0.6 is 0 Å². The van der Waals surface area contributed by atoms with Crippen LogP contribution in [0.3, 0.4) is 0 Å². The molecule has 0 spiro atoms. The van der Waals surface area contributed by atoms with Gasteiger partial charge < -0.3 is 15.5 Å². The Morgan fingerprint density at radius 3 is 2.41 bits per heavy atom. The van der Waals surface area contributed by atoms with Crippen molar-refractivity contribution < 1.29 is 18.4 Å². The minimum atomic E-state index is -0.849. The van der Waals surface area contributed by atoms with Crippen molar-refractivity contribution in [1.82, 2.24) is 4.90 Å². The highest BCUT2D eigenvalue weighted by Crippen LogP contribution is 2.24. The fraction of sp³-hybridized carbons (Fsp3) is 0.300. The lowest BCUT2D eigenvalue weighted by Crippen LogP contribution is -2.38. The lowest BCUT2D eigenvalue weighted by Gasteiger charge is -2.30. The number of fused-ring (bicyclic) bond motifs is 1. The minimum absolute atomic E-state index is 0.0747. The molecule has 3 rings (SSSR count). The average molecular weight is 373 g/mol. The summed E-state index contributed by atoms with van der Waals surface area (Å²) in [5, 5.41) is 4.76. The van der Waals surface area contributed by atoms with Gasteiger partial charge in [-0.05, 0) is 41.8 Å². The number of benzene rings is 2. The number of nitrogens with one attached hydrogen (secondary N) is 2. The Bertz CT molecular complexity index is 863. The molecule has 0 aliphatic carbocycles. The van der Waals surface area contributed by atoms with Gasteiger partial charge in [0.05, 0.1) is 0 Å². The summed E-state index contributed by atoms with van der Waals surface area (Å²) in [6, 6.07) is 8.02. The Kier molecular flexibility index (Phi) is 5.39. The molecule has 0 bridgehead atoms. The Labute approximate surface area is 156 Å². The first-order valence-corrected chi connectivity index (χ1v) is 8.77. The van der Waals surface area contributed by atoms with E-state index in [9.17, 15) is 18.4 Å². The maximum absolute atomic E-state index is 13.6. The van der Waals surface area contributed by atoms with E-state index in [2.05, 4.69) is 10.6 Å². The van der Waals surface area contributed by atoms with Crippen LogP contribution in [0.1, 0.15) is 25.0 Å². The zero-order chi connectivity index (χ0) is 19.6. The highest BCUT2D eigenvalue weighted by molar-refractivity contribution is 6.00. The fourth-order valence-electron chi connectivity index (χ4n) is 3.08. The van der Waals surface area contributed by atoms with Crippen LogP contribution in [0.2, 0.25) is 0 Å². The predicted octanol–water partition coefficient (Wildman–Crippen LogP) is 4.15. The SMILES string of the molecule is CC(C)C(=O)N1CCc2ccc(NC(=O)Nc3c(F)cccc3F)cc2C1. The number of anilines is 2. The third kappa shape index (κ3) is 4.24. The lowest BCUT2D eigenvalue weighted by molar-refractivity contribution is -0.135. The van der Waals surface area contributed by atoms with Crippen LogP contribution < -0.4 is 10.6 Å². The molecule has 27 heavy (non-hydrogen) atoms. The highest BCUT2D eigenvalue weighted by atomic mass is 19.1. The molecule has 1 aliphatic rings. The van der Waals surface area contributed by atoms with E-state index < -0.39 is 23.4 Å². The molecular formula is C20H21F2N3O2. The van der Waals surface area contributed by atoms with E-state index in [4.69, 9.17) is 0 Å². The number of hydrogen-bond acceptors (Lipinski definition) is 2. The molecule has 1 aliphatic heterocycles. The van der Waals surface area contributed by atoms with Gasteiger partial charge >= 0.3 is 6.03 Å². The topological polar surface area (TPSA) is 61.4 Å². The maximum Gasteiger partial charge on any atom is 0.323 e. The Hall–Kier alpha value is -2.96. The molecule has 3 amide bonds. The summed E-state index contributed by atoms with van der Waals surface area (Å²) in [5.41, 5.74) is 2.06. The van der Waals surface area contributed by atoms with Crippen LogP contribution in [-0.2, 0) is 17.8 Å². The standard InChI is InChI=1S/C20H21F2N3O2/c1-12(2)19(26)25-9-8-13-6-7-15(10-14(13)11-25)23-20(27)24-18-16(21)4-3-5-17(18)22/h3-7,10,12H,8-9,11H2,1-2H3,(H2,23,24,27). The summed E-state index contributed by atoms with van der Waals surface area (Å²) in [6.07, 6.45) is 0.751. The first-order chi connectivity index (χ1) is 12.8. The number of hydrogen-bond donors (Lipinski definition) is 2. The first-order valence-electron chi connectivity index (χ1n) is 8.77. The van der Waals surface area contributed by atoms with Crippen molar-refractivity contribution in [3.05, 3.63) is 59.2 Å². The van der Waals surface area contributed by atoms with Crippen LogP contribution in [-0.4, -0.2) is 23.4 Å². The molecule has 2 aromatic rings. The molecule has 7 heteroatoms. The van der Waals surface area contributed by atoms with Crippen molar-refractivity contribution in [2.75, 3.05) is 17.2 Å². The smallest absolute Gasteiger partial charge is 0.323 e. The summed E-state index contributed by atoms with van der Waals surface area (Å²) < 4.78 is 27.3. The van der Waals surface area contributed by atoms with E-state index in [1.807, 2.05) is 19.9 Å². The summed E-state index contributed by atoms with van der Waals surface area (Å²) in [7, 11) is 0. The van der Waals surface area contributed by atoms with Gasteiger partial charge in [-0.15, -0.1) is 0 Å². The van der Waals surface area contributed by atoms with Crippen LogP contribution in [0, 0.1) is 17.6 Å². The second kappa shape index (κ2) is 7.73. The van der Waals surface area contributed by atoms with E-state index in [0.717, 1.165) is 29.7 Å². The number of urea groups is 1. The van der Waals surface area contributed by atoms with Crippen LogP contribution in [0.25, 0.3) is 0 Å².